The standard InChI is InChI=1S/C13H14BrN3O2/c1-7(2)11(13(18)19)17-9-3-4-15-10-5-8(14)6-16-12(9)10/h3-7,11H,1-2H3,(H,15,17)(H,18,19)/t11-/m0/s1. The molecule has 19 heavy (non-hydrogen) atoms. The quantitative estimate of drug-likeness (QED) is 0.904. The first-order valence-corrected chi connectivity index (χ1v) is 6.68. The predicted molar refractivity (Wildman–Crippen MR) is 77.1 cm³/mol. The van der Waals surface area contributed by atoms with Gasteiger partial charge in [-0.2, -0.15) is 0 Å². The normalized spacial score (nSPS) is 12.6. The second kappa shape index (κ2) is 5.52. The van der Waals surface area contributed by atoms with Gasteiger partial charge < -0.3 is 10.4 Å². The van der Waals surface area contributed by atoms with Gasteiger partial charge in [0.2, 0.25) is 0 Å². The summed E-state index contributed by atoms with van der Waals surface area (Å²) < 4.78 is 0.836. The topological polar surface area (TPSA) is 75.1 Å². The number of carbonyl (C=O) groups is 1. The van der Waals surface area contributed by atoms with Crippen molar-refractivity contribution >= 4 is 38.6 Å². The number of rotatable bonds is 4. The monoisotopic (exact) mass is 323 g/mol. The van der Waals surface area contributed by atoms with Crippen LogP contribution in [0.4, 0.5) is 5.69 Å². The minimum atomic E-state index is -0.878. The van der Waals surface area contributed by atoms with Crippen molar-refractivity contribution in [1.29, 1.82) is 0 Å². The van der Waals surface area contributed by atoms with E-state index >= 15 is 0 Å². The number of halogens is 1. The molecule has 6 heteroatoms. The number of nitrogens with one attached hydrogen (secondary N) is 1. The molecule has 0 saturated heterocycles. The highest BCUT2D eigenvalue weighted by Gasteiger charge is 2.22. The predicted octanol–water partition coefficient (Wildman–Crippen LogP) is 2.91. The van der Waals surface area contributed by atoms with Crippen LogP contribution >= 0.6 is 15.9 Å². The summed E-state index contributed by atoms with van der Waals surface area (Å²) in [5, 5.41) is 12.2. The molecule has 2 heterocycles. The van der Waals surface area contributed by atoms with Crippen LogP contribution in [0.5, 0.6) is 0 Å². The Labute approximate surface area is 119 Å². The van der Waals surface area contributed by atoms with E-state index in [1.54, 1.807) is 18.5 Å². The molecule has 0 fully saturated rings. The minimum Gasteiger partial charge on any atom is -0.480 e. The lowest BCUT2D eigenvalue weighted by Gasteiger charge is -2.19. The van der Waals surface area contributed by atoms with Gasteiger partial charge in [0, 0.05) is 16.9 Å². The molecule has 0 unspecified atom stereocenters. The number of carboxylic acids is 1. The molecular formula is C13H14BrN3O2. The first-order chi connectivity index (χ1) is 8.99. The van der Waals surface area contributed by atoms with Crippen molar-refractivity contribution in [3.05, 3.63) is 29.0 Å². The Balaban J connectivity index is 2.42. The van der Waals surface area contributed by atoms with Crippen molar-refractivity contribution < 1.29 is 9.90 Å². The Hall–Kier alpha value is -1.69. The Morgan fingerprint density at radius 2 is 2.16 bits per heavy atom. The molecule has 100 valence electrons. The molecular weight excluding hydrogens is 310 g/mol. The molecule has 1 atom stereocenters. The lowest BCUT2D eigenvalue weighted by molar-refractivity contribution is -0.138. The van der Waals surface area contributed by atoms with Crippen molar-refractivity contribution in [3.63, 3.8) is 0 Å². The van der Waals surface area contributed by atoms with Gasteiger partial charge in [-0.3, -0.25) is 9.97 Å². The zero-order chi connectivity index (χ0) is 14.0. The lowest BCUT2D eigenvalue weighted by atomic mass is 10.0. The average Bonchev–Trinajstić information content (AvgIpc) is 2.34. The number of nitrogens with zero attached hydrogens (tertiary/aromatic N) is 2. The van der Waals surface area contributed by atoms with Crippen molar-refractivity contribution in [1.82, 2.24) is 9.97 Å². The first-order valence-electron chi connectivity index (χ1n) is 5.88. The van der Waals surface area contributed by atoms with Crippen molar-refractivity contribution in [2.24, 2.45) is 5.92 Å². The second-order valence-electron chi connectivity index (χ2n) is 4.58. The fourth-order valence-corrected chi connectivity index (χ4v) is 2.12. The van der Waals surface area contributed by atoms with Crippen molar-refractivity contribution in [2.45, 2.75) is 19.9 Å². The molecule has 0 aliphatic rings. The fraction of sp³-hybridized carbons (Fsp3) is 0.308. The molecule has 0 saturated carbocycles. The summed E-state index contributed by atoms with van der Waals surface area (Å²) in [5.74, 6) is -0.909. The summed E-state index contributed by atoms with van der Waals surface area (Å²) in [6.45, 7) is 3.72. The van der Waals surface area contributed by atoms with E-state index < -0.39 is 12.0 Å². The van der Waals surface area contributed by atoms with Crippen LogP contribution in [0.3, 0.4) is 0 Å². The van der Waals surface area contributed by atoms with Gasteiger partial charge in [-0.1, -0.05) is 13.8 Å². The summed E-state index contributed by atoms with van der Waals surface area (Å²) >= 11 is 3.34. The van der Waals surface area contributed by atoms with Crippen LogP contribution < -0.4 is 5.32 Å². The van der Waals surface area contributed by atoms with Crippen LogP contribution in [-0.2, 0) is 4.79 Å². The summed E-state index contributed by atoms with van der Waals surface area (Å²) in [5.41, 5.74) is 2.06. The van der Waals surface area contributed by atoms with Crippen LogP contribution in [0.15, 0.2) is 29.0 Å². The molecule has 5 nitrogen and oxygen atoms in total. The largest absolute Gasteiger partial charge is 0.480 e. The molecule has 0 spiro atoms. The van der Waals surface area contributed by atoms with Gasteiger partial charge in [-0.05, 0) is 34.0 Å². The summed E-state index contributed by atoms with van der Waals surface area (Å²) in [7, 11) is 0. The zero-order valence-electron chi connectivity index (χ0n) is 10.6. The average molecular weight is 324 g/mol. The first kappa shape index (κ1) is 13.7. The number of fused-ring (bicyclic) bond motifs is 1. The Morgan fingerprint density at radius 3 is 2.79 bits per heavy atom. The van der Waals surface area contributed by atoms with Gasteiger partial charge in [0.25, 0.3) is 0 Å². The molecule has 2 N–H and O–H groups in total. The summed E-state index contributed by atoms with van der Waals surface area (Å²) in [4.78, 5) is 19.7. The van der Waals surface area contributed by atoms with E-state index in [4.69, 9.17) is 0 Å². The number of carboxylic acid groups (broad SMARTS) is 1. The van der Waals surface area contributed by atoms with Crippen LogP contribution in [0.1, 0.15) is 13.8 Å². The third-order valence-corrected chi connectivity index (χ3v) is 3.22. The maximum Gasteiger partial charge on any atom is 0.326 e. The van der Waals surface area contributed by atoms with Crippen LogP contribution in [0.25, 0.3) is 11.0 Å². The van der Waals surface area contributed by atoms with Crippen LogP contribution in [0, 0.1) is 5.92 Å². The van der Waals surface area contributed by atoms with E-state index in [0.29, 0.717) is 16.7 Å². The van der Waals surface area contributed by atoms with Crippen LogP contribution in [-0.4, -0.2) is 27.1 Å². The highest BCUT2D eigenvalue weighted by atomic mass is 79.9. The van der Waals surface area contributed by atoms with E-state index in [9.17, 15) is 9.90 Å². The number of aliphatic carboxylic acids is 1. The Kier molecular flexibility index (Phi) is 3.99. The number of pyridine rings is 2. The molecule has 2 rings (SSSR count). The Bertz CT molecular complexity index is 616. The third kappa shape index (κ3) is 3.01. The van der Waals surface area contributed by atoms with Crippen molar-refractivity contribution in [3.8, 4) is 0 Å². The van der Waals surface area contributed by atoms with Gasteiger partial charge in [-0.15, -0.1) is 0 Å². The summed E-state index contributed by atoms with van der Waals surface area (Å²) in [6.07, 6.45) is 3.30. The Morgan fingerprint density at radius 1 is 1.42 bits per heavy atom. The van der Waals surface area contributed by atoms with E-state index in [0.717, 1.165) is 4.47 Å². The minimum absolute atomic E-state index is 0.0313. The van der Waals surface area contributed by atoms with E-state index in [2.05, 4.69) is 31.2 Å². The fourth-order valence-electron chi connectivity index (χ4n) is 1.80. The number of hydrogen-bond donors (Lipinski definition) is 2. The SMILES string of the molecule is CC(C)[C@H](Nc1ccnc2cc(Br)cnc12)C(=O)O. The molecule has 0 amide bonds. The lowest BCUT2D eigenvalue weighted by Crippen LogP contribution is -2.34. The molecule has 0 bridgehead atoms. The zero-order valence-corrected chi connectivity index (χ0v) is 12.2. The van der Waals surface area contributed by atoms with E-state index in [1.807, 2.05) is 19.9 Å². The molecule has 0 aliphatic heterocycles. The van der Waals surface area contributed by atoms with Gasteiger partial charge in [-0.25, -0.2) is 4.79 Å². The number of hydrogen-bond acceptors (Lipinski definition) is 4. The maximum absolute atomic E-state index is 11.2. The van der Waals surface area contributed by atoms with Crippen molar-refractivity contribution in [2.75, 3.05) is 5.32 Å². The maximum atomic E-state index is 11.2. The second-order valence-corrected chi connectivity index (χ2v) is 5.50. The molecule has 2 aromatic rings. The van der Waals surface area contributed by atoms with E-state index in [1.165, 1.54) is 0 Å². The molecule has 0 radical (unpaired) electrons. The van der Waals surface area contributed by atoms with Gasteiger partial charge in [0.1, 0.15) is 11.6 Å². The van der Waals surface area contributed by atoms with Crippen LogP contribution in [0.2, 0.25) is 0 Å². The summed E-state index contributed by atoms with van der Waals surface area (Å²) in [6, 6.07) is 2.93. The van der Waals surface area contributed by atoms with Gasteiger partial charge >= 0.3 is 5.97 Å². The van der Waals surface area contributed by atoms with Gasteiger partial charge in [0.15, 0.2) is 0 Å². The number of aromatic nitrogens is 2. The smallest absolute Gasteiger partial charge is 0.326 e. The number of anilines is 1. The molecule has 0 aromatic carbocycles. The highest BCUT2D eigenvalue weighted by Crippen LogP contribution is 2.23. The third-order valence-electron chi connectivity index (χ3n) is 2.79. The highest BCUT2D eigenvalue weighted by molar-refractivity contribution is 9.10. The van der Waals surface area contributed by atoms with Gasteiger partial charge in [0.05, 0.1) is 11.2 Å². The molecule has 0 aliphatic carbocycles. The molecule has 2 aromatic heterocycles. The van der Waals surface area contributed by atoms with E-state index in [-0.39, 0.29) is 5.92 Å².